The lowest BCUT2D eigenvalue weighted by Gasteiger charge is -2.29. The van der Waals surface area contributed by atoms with Gasteiger partial charge in [-0.05, 0) is 49.4 Å². The van der Waals surface area contributed by atoms with E-state index in [0.29, 0.717) is 0 Å². The highest BCUT2D eigenvalue weighted by Gasteiger charge is 2.27. The van der Waals surface area contributed by atoms with E-state index in [1.54, 1.807) is 0 Å². The van der Waals surface area contributed by atoms with Crippen molar-refractivity contribution in [2.24, 2.45) is 11.7 Å². The lowest BCUT2D eigenvalue weighted by atomic mass is 9.97. The Morgan fingerprint density at radius 2 is 2.21 bits per heavy atom. The van der Waals surface area contributed by atoms with Gasteiger partial charge >= 0.3 is 0 Å². The van der Waals surface area contributed by atoms with E-state index in [-0.39, 0.29) is 6.10 Å². The first-order chi connectivity index (χ1) is 9.36. The van der Waals surface area contributed by atoms with Crippen LogP contribution in [0.5, 0.6) is 0 Å². The molecule has 1 aromatic carbocycles. The standard InChI is InChI=1S/C16H24N2O/c17-8-5-13-6-9-18(11-13)12-16-15-4-2-1-3-14(15)7-10-19-16/h1-4,13,16H,5-12,17H2. The van der Waals surface area contributed by atoms with Crippen LogP contribution in [0.15, 0.2) is 24.3 Å². The van der Waals surface area contributed by atoms with E-state index in [2.05, 4.69) is 29.2 Å². The summed E-state index contributed by atoms with van der Waals surface area (Å²) in [6.07, 6.45) is 3.79. The number of hydrogen-bond acceptors (Lipinski definition) is 3. The zero-order valence-electron chi connectivity index (χ0n) is 11.6. The molecule has 0 aromatic heterocycles. The van der Waals surface area contributed by atoms with Crippen LogP contribution < -0.4 is 5.73 Å². The lowest BCUT2D eigenvalue weighted by molar-refractivity contribution is 0.0199. The predicted octanol–water partition coefficient (Wildman–Crippen LogP) is 1.97. The molecule has 0 bridgehead atoms. The second-order valence-electron chi connectivity index (χ2n) is 5.80. The van der Waals surface area contributed by atoms with Crippen molar-refractivity contribution in [3.8, 4) is 0 Å². The summed E-state index contributed by atoms with van der Waals surface area (Å²) in [6.45, 7) is 5.12. The Bertz CT molecular complexity index is 421. The van der Waals surface area contributed by atoms with Crippen LogP contribution in [0.3, 0.4) is 0 Å². The highest BCUT2D eigenvalue weighted by molar-refractivity contribution is 5.31. The van der Waals surface area contributed by atoms with Crippen molar-refractivity contribution in [1.29, 1.82) is 0 Å². The molecule has 0 radical (unpaired) electrons. The first-order valence-electron chi connectivity index (χ1n) is 7.48. The molecule has 2 heterocycles. The summed E-state index contributed by atoms with van der Waals surface area (Å²) in [5.41, 5.74) is 8.53. The van der Waals surface area contributed by atoms with Gasteiger partial charge in [-0.15, -0.1) is 0 Å². The third-order valence-electron chi connectivity index (χ3n) is 4.46. The minimum atomic E-state index is 0.265. The van der Waals surface area contributed by atoms with Gasteiger partial charge in [-0.1, -0.05) is 24.3 Å². The van der Waals surface area contributed by atoms with Gasteiger partial charge in [-0.25, -0.2) is 0 Å². The van der Waals surface area contributed by atoms with Crippen LogP contribution in [0.2, 0.25) is 0 Å². The fourth-order valence-corrected chi connectivity index (χ4v) is 3.41. The molecule has 19 heavy (non-hydrogen) atoms. The Kier molecular flexibility index (Phi) is 4.16. The Balaban J connectivity index is 1.62. The monoisotopic (exact) mass is 260 g/mol. The Labute approximate surface area is 115 Å². The smallest absolute Gasteiger partial charge is 0.0954 e. The van der Waals surface area contributed by atoms with Gasteiger partial charge in [0, 0.05) is 13.1 Å². The van der Waals surface area contributed by atoms with Crippen LogP contribution in [0.1, 0.15) is 30.1 Å². The van der Waals surface area contributed by atoms with E-state index in [9.17, 15) is 0 Å². The molecule has 2 atom stereocenters. The van der Waals surface area contributed by atoms with Gasteiger partial charge in [-0.3, -0.25) is 0 Å². The van der Waals surface area contributed by atoms with Gasteiger partial charge in [0.15, 0.2) is 0 Å². The van der Waals surface area contributed by atoms with Crippen LogP contribution in [-0.2, 0) is 11.2 Å². The molecule has 3 rings (SSSR count). The zero-order chi connectivity index (χ0) is 13.1. The average Bonchev–Trinajstić information content (AvgIpc) is 2.87. The van der Waals surface area contributed by atoms with E-state index >= 15 is 0 Å². The molecule has 0 spiro atoms. The van der Waals surface area contributed by atoms with Gasteiger partial charge in [0.1, 0.15) is 0 Å². The van der Waals surface area contributed by atoms with Crippen molar-refractivity contribution in [3.05, 3.63) is 35.4 Å². The molecular weight excluding hydrogens is 236 g/mol. The molecule has 2 aliphatic heterocycles. The molecule has 0 aliphatic carbocycles. The minimum absolute atomic E-state index is 0.265. The van der Waals surface area contributed by atoms with E-state index in [1.807, 2.05) is 0 Å². The minimum Gasteiger partial charge on any atom is -0.372 e. The number of rotatable bonds is 4. The van der Waals surface area contributed by atoms with Crippen molar-refractivity contribution in [2.45, 2.75) is 25.4 Å². The average molecular weight is 260 g/mol. The second kappa shape index (κ2) is 6.04. The van der Waals surface area contributed by atoms with Crippen molar-refractivity contribution >= 4 is 0 Å². The van der Waals surface area contributed by atoms with Crippen molar-refractivity contribution < 1.29 is 4.74 Å². The van der Waals surface area contributed by atoms with Crippen LogP contribution in [0.4, 0.5) is 0 Å². The highest BCUT2D eigenvalue weighted by Crippen LogP contribution is 2.29. The number of benzene rings is 1. The third kappa shape index (κ3) is 2.99. The van der Waals surface area contributed by atoms with Crippen LogP contribution in [-0.4, -0.2) is 37.7 Å². The number of ether oxygens (including phenoxy) is 1. The molecule has 2 N–H and O–H groups in total. The molecule has 104 valence electrons. The first-order valence-corrected chi connectivity index (χ1v) is 7.48. The van der Waals surface area contributed by atoms with Crippen molar-refractivity contribution in [2.75, 3.05) is 32.8 Å². The number of hydrogen-bond donors (Lipinski definition) is 1. The summed E-state index contributed by atoms with van der Waals surface area (Å²) >= 11 is 0. The number of fused-ring (bicyclic) bond motifs is 1. The maximum absolute atomic E-state index is 6.00. The third-order valence-corrected chi connectivity index (χ3v) is 4.46. The molecule has 2 unspecified atom stereocenters. The topological polar surface area (TPSA) is 38.5 Å². The number of nitrogens with two attached hydrogens (primary N) is 1. The van der Waals surface area contributed by atoms with E-state index in [0.717, 1.165) is 32.0 Å². The quantitative estimate of drug-likeness (QED) is 0.899. The Hall–Kier alpha value is -0.900. The summed E-state index contributed by atoms with van der Waals surface area (Å²) in [7, 11) is 0. The summed E-state index contributed by atoms with van der Waals surface area (Å²) < 4.78 is 6.00. The zero-order valence-corrected chi connectivity index (χ0v) is 11.6. The lowest BCUT2D eigenvalue weighted by Crippen LogP contribution is -2.30. The molecule has 3 nitrogen and oxygen atoms in total. The summed E-state index contributed by atoms with van der Waals surface area (Å²) in [5, 5.41) is 0. The van der Waals surface area contributed by atoms with Crippen LogP contribution in [0.25, 0.3) is 0 Å². The fourth-order valence-electron chi connectivity index (χ4n) is 3.41. The summed E-state index contributed by atoms with van der Waals surface area (Å²) in [5.74, 6) is 0.795. The molecule has 1 aromatic rings. The van der Waals surface area contributed by atoms with E-state index in [1.165, 1.54) is 37.1 Å². The number of nitrogens with zero attached hydrogens (tertiary/aromatic N) is 1. The van der Waals surface area contributed by atoms with Gasteiger partial charge in [-0.2, -0.15) is 0 Å². The second-order valence-corrected chi connectivity index (χ2v) is 5.80. The molecule has 2 aliphatic rings. The molecule has 1 saturated heterocycles. The van der Waals surface area contributed by atoms with E-state index < -0.39 is 0 Å². The fraction of sp³-hybridized carbons (Fsp3) is 0.625. The molecule has 0 saturated carbocycles. The SMILES string of the molecule is NCCC1CCN(CC2OCCc3ccccc32)C1. The van der Waals surface area contributed by atoms with Crippen molar-refractivity contribution in [1.82, 2.24) is 4.90 Å². The maximum atomic E-state index is 6.00. The number of likely N-dealkylation sites (tertiary alicyclic amines) is 1. The van der Waals surface area contributed by atoms with Gasteiger partial charge in [0.2, 0.25) is 0 Å². The van der Waals surface area contributed by atoms with Crippen molar-refractivity contribution in [3.63, 3.8) is 0 Å². The first kappa shape index (κ1) is 13.1. The van der Waals surface area contributed by atoms with Gasteiger partial charge in [0.25, 0.3) is 0 Å². The predicted molar refractivity (Wildman–Crippen MR) is 77.1 cm³/mol. The van der Waals surface area contributed by atoms with Gasteiger partial charge in [0.05, 0.1) is 12.7 Å². The Morgan fingerprint density at radius 1 is 1.32 bits per heavy atom. The van der Waals surface area contributed by atoms with Crippen LogP contribution >= 0.6 is 0 Å². The Morgan fingerprint density at radius 3 is 3.11 bits per heavy atom. The molecule has 1 fully saturated rings. The largest absolute Gasteiger partial charge is 0.372 e. The highest BCUT2D eigenvalue weighted by atomic mass is 16.5. The normalized spacial score (nSPS) is 27.4. The summed E-state index contributed by atoms with van der Waals surface area (Å²) in [6, 6.07) is 8.73. The summed E-state index contributed by atoms with van der Waals surface area (Å²) in [4.78, 5) is 2.55. The maximum Gasteiger partial charge on any atom is 0.0954 e. The van der Waals surface area contributed by atoms with Gasteiger partial charge < -0.3 is 15.4 Å². The van der Waals surface area contributed by atoms with E-state index in [4.69, 9.17) is 10.5 Å². The molecule has 0 amide bonds. The molecular formula is C16H24N2O. The van der Waals surface area contributed by atoms with Crippen LogP contribution in [0, 0.1) is 5.92 Å². The molecule has 3 heteroatoms.